The summed E-state index contributed by atoms with van der Waals surface area (Å²) in [4.78, 5) is 14.6. The third kappa shape index (κ3) is 4.44. The van der Waals surface area contributed by atoms with Gasteiger partial charge in [-0.25, -0.2) is 9.51 Å². The van der Waals surface area contributed by atoms with Crippen molar-refractivity contribution >= 4 is 21.8 Å². The highest BCUT2D eigenvalue weighted by molar-refractivity contribution is 7.92. The lowest BCUT2D eigenvalue weighted by molar-refractivity contribution is -0.246. The molecule has 130 valence electrons. The lowest BCUT2D eigenvalue weighted by Crippen LogP contribution is -2.42. The molecule has 24 heavy (non-hydrogen) atoms. The van der Waals surface area contributed by atoms with E-state index in [-0.39, 0.29) is 4.90 Å². The maximum atomic E-state index is 12.2. The number of sulfonamides is 1. The second-order valence-corrected chi connectivity index (χ2v) is 6.74. The van der Waals surface area contributed by atoms with Crippen LogP contribution in [0.1, 0.15) is 26.2 Å². The number of nitrogens with one attached hydrogen (secondary N) is 1. The van der Waals surface area contributed by atoms with E-state index in [1.807, 2.05) is 6.92 Å². The van der Waals surface area contributed by atoms with Crippen molar-refractivity contribution in [2.75, 3.05) is 16.3 Å². The van der Waals surface area contributed by atoms with E-state index in [4.69, 9.17) is 0 Å². The Bertz CT molecular complexity index is 759. The molecule has 0 aliphatic rings. The van der Waals surface area contributed by atoms with Crippen LogP contribution in [-0.2, 0) is 10.0 Å². The smallest absolute Gasteiger partial charge is 0.275 e. The van der Waals surface area contributed by atoms with Crippen molar-refractivity contribution in [2.45, 2.75) is 31.1 Å². The van der Waals surface area contributed by atoms with Gasteiger partial charge in [0.15, 0.2) is 0 Å². The summed E-state index contributed by atoms with van der Waals surface area (Å²) in [5.41, 5.74) is 0.370. The van der Waals surface area contributed by atoms with E-state index in [1.54, 1.807) is 0 Å². The second kappa shape index (κ2) is 7.77. The first-order valence-corrected chi connectivity index (χ1v) is 8.88. The Labute approximate surface area is 140 Å². The first kappa shape index (κ1) is 17.7. The van der Waals surface area contributed by atoms with Crippen molar-refractivity contribution in [2.24, 2.45) is 0 Å². The van der Waals surface area contributed by atoms with Crippen molar-refractivity contribution < 1.29 is 18.3 Å². The lowest BCUT2D eigenvalue weighted by atomic mass is 10.2. The predicted molar refractivity (Wildman–Crippen MR) is 85.3 cm³/mol. The van der Waals surface area contributed by atoms with Crippen LogP contribution in [0.15, 0.2) is 41.8 Å². The quantitative estimate of drug-likeness (QED) is 0.693. The topological polar surface area (TPSA) is 120 Å². The zero-order valence-electron chi connectivity index (χ0n) is 13.1. The number of aromatic nitrogens is 3. The van der Waals surface area contributed by atoms with Gasteiger partial charge in [0, 0.05) is 12.2 Å². The number of benzene rings is 1. The molecule has 0 bridgehead atoms. The Morgan fingerprint density at radius 2 is 1.83 bits per heavy atom. The van der Waals surface area contributed by atoms with Crippen LogP contribution >= 0.6 is 0 Å². The molecule has 0 aliphatic carbocycles. The van der Waals surface area contributed by atoms with E-state index in [2.05, 4.69) is 15.0 Å². The van der Waals surface area contributed by atoms with E-state index in [0.717, 1.165) is 22.4 Å². The highest BCUT2D eigenvalue weighted by Gasteiger charge is 2.15. The SMILES string of the molecule is CCCCCN(C(=O)[O-])c1ccc(S(=O)(=O)Nn2cnnc2)cc1. The van der Waals surface area contributed by atoms with Gasteiger partial charge in [0.1, 0.15) is 18.7 Å². The normalized spacial score (nSPS) is 11.2. The van der Waals surface area contributed by atoms with Crippen LogP contribution in [0, 0.1) is 0 Å². The molecule has 9 nitrogen and oxygen atoms in total. The summed E-state index contributed by atoms with van der Waals surface area (Å²) in [5, 5.41) is 18.3. The summed E-state index contributed by atoms with van der Waals surface area (Å²) >= 11 is 0. The number of carbonyl (C=O) groups is 1. The summed E-state index contributed by atoms with van der Waals surface area (Å²) in [7, 11) is -3.82. The minimum atomic E-state index is -3.82. The zero-order valence-corrected chi connectivity index (χ0v) is 13.9. The Hall–Kier alpha value is -2.62. The summed E-state index contributed by atoms with van der Waals surface area (Å²) in [6.07, 6.45) is 3.67. The molecule has 0 radical (unpaired) electrons. The zero-order chi connectivity index (χ0) is 17.6. The summed E-state index contributed by atoms with van der Waals surface area (Å²) < 4.78 is 25.5. The Balaban J connectivity index is 2.14. The largest absolute Gasteiger partial charge is 0.530 e. The van der Waals surface area contributed by atoms with Crippen molar-refractivity contribution in [3.8, 4) is 0 Å². The minimum absolute atomic E-state index is 0.00759. The molecule has 1 aromatic heterocycles. The van der Waals surface area contributed by atoms with Gasteiger partial charge in [0.2, 0.25) is 0 Å². The number of rotatable bonds is 8. The van der Waals surface area contributed by atoms with Gasteiger partial charge in [0.05, 0.1) is 4.90 Å². The summed E-state index contributed by atoms with van der Waals surface area (Å²) in [6.45, 7) is 2.33. The Morgan fingerprint density at radius 1 is 1.21 bits per heavy atom. The van der Waals surface area contributed by atoms with Gasteiger partial charge in [-0.15, -0.1) is 10.2 Å². The monoisotopic (exact) mass is 352 g/mol. The standard InChI is InChI=1S/C14H19N5O4S/c1-2-3-4-9-19(14(20)21)12-5-7-13(8-6-12)24(22,23)17-18-10-15-16-11-18/h5-8,10-11,17H,2-4,9H2,1H3,(H,20,21)/p-1. The van der Waals surface area contributed by atoms with Crippen LogP contribution in [-0.4, -0.2) is 35.9 Å². The number of hydrogen-bond donors (Lipinski definition) is 1. The lowest BCUT2D eigenvalue weighted by Gasteiger charge is -2.25. The molecule has 2 aromatic rings. The van der Waals surface area contributed by atoms with Gasteiger partial charge >= 0.3 is 0 Å². The Morgan fingerprint density at radius 3 is 2.38 bits per heavy atom. The summed E-state index contributed by atoms with van der Waals surface area (Å²) in [5.74, 6) is 0. The van der Waals surface area contributed by atoms with Crippen molar-refractivity contribution in [1.82, 2.24) is 14.9 Å². The van der Waals surface area contributed by atoms with Crippen molar-refractivity contribution in [3.63, 3.8) is 0 Å². The molecule has 1 heterocycles. The number of carbonyl (C=O) groups excluding carboxylic acids is 1. The number of unbranched alkanes of at least 4 members (excludes halogenated alkanes) is 2. The van der Waals surface area contributed by atoms with E-state index in [0.29, 0.717) is 18.7 Å². The molecule has 1 amide bonds. The fourth-order valence-corrected chi connectivity index (χ4v) is 3.06. The number of nitrogens with zero attached hydrogens (tertiary/aromatic N) is 4. The van der Waals surface area contributed by atoms with Gasteiger partial charge in [-0.3, -0.25) is 0 Å². The minimum Gasteiger partial charge on any atom is -0.530 e. The molecule has 0 atom stereocenters. The summed E-state index contributed by atoms with van der Waals surface area (Å²) in [6, 6.07) is 5.53. The van der Waals surface area contributed by atoms with E-state index >= 15 is 0 Å². The fourth-order valence-electron chi connectivity index (χ4n) is 2.09. The third-order valence-electron chi connectivity index (χ3n) is 3.31. The molecule has 1 aromatic carbocycles. The third-order valence-corrected chi connectivity index (χ3v) is 4.65. The Kier molecular flexibility index (Phi) is 5.74. The molecule has 1 N–H and O–H groups in total. The van der Waals surface area contributed by atoms with E-state index in [1.165, 1.54) is 36.9 Å². The highest BCUT2D eigenvalue weighted by Crippen LogP contribution is 2.19. The molecule has 0 aliphatic heterocycles. The fraction of sp³-hybridized carbons (Fsp3) is 0.357. The van der Waals surface area contributed by atoms with Gasteiger partial charge in [0.25, 0.3) is 10.0 Å². The molecule has 10 heteroatoms. The van der Waals surface area contributed by atoms with Crippen LogP contribution in [0.3, 0.4) is 0 Å². The van der Waals surface area contributed by atoms with E-state index < -0.39 is 16.1 Å². The van der Waals surface area contributed by atoms with Gasteiger partial charge in [-0.05, 0) is 30.7 Å². The maximum Gasteiger partial charge on any atom is 0.275 e. The van der Waals surface area contributed by atoms with Gasteiger partial charge in [-0.1, -0.05) is 19.8 Å². The molecule has 0 fully saturated rings. The van der Waals surface area contributed by atoms with Crippen LogP contribution in [0.25, 0.3) is 0 Å². The van der Waals surface area contributed by atoms with Crippen LogP contribution < -0.4 is 14.8 Å². The highest BCUT2D eigenvalue weighted by atomic mass is 32.2. The number of carboxylic acid groups (broad SMARTS) is 1. The van der Waals surface area contributed by atoms with Gasteiger partial charge < -0.3 is 14.8 Å². The van der Waals surface area contributed by atoms with E-state index in [9.17, 15) is 18.3 Å². The molecule has 0 unspecified atom stereocenters. The molecule has 0 saturated heterocycles. The first-order valence-electron chi connectivity index (χ1n) is 7.40. The number of anilines is 1. The molecular formula is C14H18N5O4S-. The predicted octanol–water partition coefficient (Wildman–Crippen LogP) is 0.550. The molecule has 0 saturated carbocycles. The average molecular weight is 352 g/mol. The maximum absolute atomic E-state index is 12.2. The average Bonchev–Trinajstić information content (AvgIpc) is 3.03. The van der Waals surface area contributed by atoms with Crippen molar-refractivity contribution in [1.29, 1.82) is 0 Å². The second-order valence-electron chi connectivity index (χ2n) is 5.08. The molecular weight excluding hydrogens is 334 g/mol. The van der Waals surface area contributed by atoms with Crippen molar-refractivity contribution in [3.05, 3.63) is 36.9 Å². The molecule has 2 rings (SSSR count). The molecule has 0 spiro atoms. The van der Waals surface area contributed by atoms with Crippen LogP contribution in [0.2, 0.25) is 0 Å². The van der Waals surface area contributed by atoms with Gasteiger partial charge in [-0.2, -0.15) is 8.42 Å². The number of hydrogen-bond acceptors (Lipinski definition) is 6. The number of amides is 1. The van der Waals surface area contributed by atoms with Crippen LogP contribution in [0.4, 0.5) is 10.5 Å². The first-order chi connectivity index (χ1) is 11.4. The van der Waals surface area contributed by atoms with Crippen LogP contribution in [0.5, 0.6) is 0 Å².